The van der Waals surface area contributed by atoms with E-state index in [1.807, 2.05) is 30.3 Å². The summed E-state index contributed by atoms with van der Waals surface area (Å²) in [5, 5.41) is 0. The van der Waals surface area contributed by atoms with Crippen molar-refractivity contribution in [3.63, 3.8) is 0 Å². The first kappa shape index (κ1) is 14.4. The topological polar surface area (TPSA) is 0 Å². The van der Waals surface area contributed by atoms with E-state index in [1.165, 1.54) is 0 Å². The van der Waals surface area contributed by atoms with Crippen molar-refractivity contribution in [3.8, 4) is 0 Å². The molecule has 0 amide bonds. The predicted molar refractivity (Wildman–Crippen MR) is 50.1 cm³/mol. The van der Waals surface area contributed by atoms with Crippen LogP contribution in [0.2, 0.25) is 0 Å². The Bertz CT molecular complexity index is 129. The molecular weight excluding hydrogens is 316 g/mol. The molecule has 0 spiro atoms. The van der Waals surface area contributed by atoms with Crippen LogP contribution in [0.1, 0.15) is 20.8 Å². The van der Waals surface area contributed by atoms with E-state index >= 15 is 0 Å². The quantitative estimate of drug-likeness (QED) is 0.639. The summed E-state index contributed by atoms with van der Waals surface area (Å²) in [6.07, 6.45) is 0. The standard InChI is InChI=1S/C6H5.C5H11.W/c1-2-4-6-5-3-1;1-5(2,3)4;/h1-5H;1H2,2-4H3;/q2*-1;+2. The third kappa shape index (κ3) is 22.5. The van der Waals surface area contributed by atoms with Crippen molar-refractivity contribution in [1.82, 2.24) is 0 Å². The molecule has 12 heavy (non-hydrogen) atoms. The number of rotatable bonds is 0. The molecule has 1 aromatic carbocycles. The zero-order valence-electron chi connectivity index (χ0n) is 8.00. The van der Waals surface area contributed by atoms with Crippen molar-refractivity contribution >= 4 is 0 Å². The molecule has 0 radical (unpaired) electrons. The SMILES string of the molecule is [CH2-]C(C)(C)C.[W+2].[c-]1ccccc1. The van der Waals surface area contributed by atoms with Gasteiger partial charge in [0.1, 0.15) is 0 Å². The first-order valence-corrected chi connectivity index (χ1v) is 3.76. The van der Waals surface area contributed by atoms with Gasteiger partial charge < -0.3 is 6.92 Å². The molecule has 0 saturated heterocycles. The van der Waals surface area contributed by atoms with E-state index in [0.717, 1.165) is 0 Å². The molecule has 0 atom stereocenters. The van der Waals surface area contributed by atoms with E-state index in [4.69, 9.17) is 0 Å². The third-order valence-electron chi connectivity index (χ3n) is 0.607. The Morgan fingerprint density at radius 2 is 1.33 bits per heavy atom. The fourth-order valence-corrected chi connectivity index (χ4v) is 0.342. The predicted octanol–water partition coefficient (Wildman–Crippen LogP) is 3.35. The smallest absolute Gasteiger partial charge is 0.338 e. The van der Waals surface area contributed by atoms with Crippen LogP contribution < -0.4 is 0 Å². The Labute approximate surface area is 90.7 Å². The summed E-state index contributed by atoms with van der Waals surface area (Å²) in [5.41, 5.74) is 0.250. The maximum absolute atomic E-state index is 3.77. The monoisotopic (exact) mass is 332 g/mol. The van der Waals surface area contributed by atoms with E-state index < -0.39 is 0 Å². The van der Waals surface area contributed by atoms with Crippen LogP contribution in [-0.2, 0) is 21.1 Å². The van der Waals surface area contributed by atoms with E-state index in [-0.39, 0.29) is 26.5 Å². The van der Waals surface area contributed by atoms with E-state index in [9.17, 15) is 0 Å². The second kappa shape index (κ2) is 7.55. The van der Waals surface area contributed by atoms with Crippen molar-refractivity contribution in [2.75, 3.05) is 0 Å². The first-order chi connectivity index (χ1) is 5.00. The average Bonchev–Trinajstić information content (AvgIpc) is 1.88. The normalized spacial score (nSPS) is 9.00. The maximum Gasteiger partial charge on any atom is 2.00 e. The molecule has 66 valence electrons. The van der Waals surface area contributed by atoms with Crippen LogP contribution in [-0.4, -0.2) is 0 Å². The summed E-state index contributed by atoms with van der Waals surface area (Å²) in [4.78, 5) is 0. The molecule has 0 aliphatic heterocycles. The van der Waals surface area contributed by atoms with Crippen molar-refractivity contribution < 1.29 is 21.1 Å². The van der Waals surface area contributed by atoms with Gasteiger partial charge in [-0.15, -0.1) is 0 Å². The Kier molecular flexibility index (Phi) is 9.08. The first-order valence-electron chi connectivity index (χ1n) is 3.76. The summed E-state index contributed by atoms with van der Waals surface area (Å²) in [7, 11) is 0. The Balaban J connectivity index is 0. The van der Waals surface area contributed by atoms with Crippen molar-refractivity contribution in [2.45, 2.75) is 20.8 Å². The zero-order chi connectivity index (χ0) is 8.74. The minimum absolute atomic E-state index is 0. The van der Waals surface area contributed by atoms with Crippen molar-refractivity contribution in [3.05, 3.63) is 43.3 Å². The van der Waals surface area contributed by atoms with Crippen LogP contribution in [0.15, 0.2) is 30.3 Å². The molecular formula is C11H16W. The number of hydrogen-bond acceptors (Lipinski definition) is 0. The van der Waals surface area contributed by atoms with Gasteiger partial charge in [-0.3, -0.25) is 0 Å². The molecule has 0 aliphatic rings. The molecule has 0 nitrogen and oxygen atoms in total. The zero-order valence-corrected chi connectivity index (χ0v) is 10.9. The Morgan fingerprint density at radius 3 is 1.42 bits per heavy atom. The minimum atomic E-state index is 0. The van der Waals surface area contributed by atoms with Gasteiger partial charge in [0.15, 0.2) is 0 Å². The van der Waals surface area contributed by atoms with Crippen LogP contribution >= 0.6 is 0 Å². The average molecular weight is 332 g/mol. The molecule has 1 heteroatoms. The Hall–Kier alpha value is -0.0917. The summed E-state index contributed by atoms with van der Waals surface area (Å²) in [6.45, 7) is 10.0. The van der Waals surface area contributed by atoms with Gasteiger partial charge in [0, 0.05) is 0 Å². The van der Waals surface area contributed by atoms with Gasteiger partial charge in [0.2, 0.25) is 0 Å². The van der Waals surface area contributed by atoms with Crippen LogP contribution in [0.4, 0.5) is 0 Å². The largest absolute Gasteiger partial charge is 2.00 e. The summed E-state index contributed by atoms with van der Waals surface area (Å²) in [5.74, 6) is 0. The molecule has 0 saturated carbocycles. The molecule has 0 aromatic heterocycles. The van der Waals surface area contributed by atoms with E-state index in [0.29, 0.717) is 0 Å². The molecule has 1 rings (SSSR count). The van der Waals surface area contributed by atoms with Gasteiger partial charge in [-0.2, -0.15) is 41.8 Å². The molecule has 0 fully saturated rings. The van der Waals surface area contributed by atoms with Gasteiger partial charge in [0.25, 0.3) is 0 Å². The summed E-state index contributed by atoms with van der Waals surface area (Å²) in [6, 6.07) is 12.5. The van der Waals surface area contributed by atoms with Gasteiger partial charge in [0.05, 0.1) is 0 Å². The summed E-state index contributed by atoms with van der Waals surface area (Å²) < 4.78 is 0. The van der Waals surface area contributed by atoms with E-state index in [2.05, 4.69) is 33.8 Å². The molecule has 0 unspecified atom stereocenters. The second-order valence-corrected chi connectivity index (χ2v) is 3.64. The number of hydrogen-bond donors (Lipinski definition) is 0. The number of benzene rings is 1. The molecule has 0 aliphatic carbocycles. The van der Waals surface area contributed by atoms with Gasteiger partial charge in [-0.1, -0.05) is 20.8 Å². The second-order valence-electron chi connectivity index (χ2n) is 3.64. The van der Waals surface area contributed by atoms with Gasteiger partial charge in [-0.05, 0) is 0 Å². The fourth-order valence-electron chi connectivity index (χ4n) is 0.342. The van der Waals surface area contributed by atoms with Crippen LogP contribution in [0.5, 0.6) is 0 Å². The summed E-state index contributed by atoms with van der Waals surface area (Å²) >= 11 is 0. The molecule has 0 heterocycles. The van der Waals surface area contributed by atoms with Gasteiger partial charge >= 0.3 is 21.1 Å². The Morgan fingerprint density at radius 1 is 1.00 bits per heavy atom. The van der Waals surface area contributed by atoms with Crippen LogP contribution in [0.25, 0.3) is 0 Å². The maximum atomic E-state index is 3.77. The van der Waals surface area contributed by atoms with Crippen molar-refractivity contribution in [1.29, 1.82) is 0 Å². The molecule has 1 aromatic rings. The van der Waals surface area contributed by atoms with Crippen LogP contribution in [0.3, 0.4) is 0 Å². The van der Waals surface area contributed by atoms with Crippen LogP contribution in [0, 0.1) is 18.4 Å². The molecule has 0 bridgehead atoms. The van der Waals surface area contributed by atoms with Gasteiger partial charge in [-0.25, -0.2) is 0 Å². The van der Waals surface area contributed by atoms with Crippen molar-refractivity contribution in [2.24, 2.45) is 5.41 Å². The minimum Gasteiger partial charge on any atom is -0.338 e. The molecule has 0 N–H and O–H groups in total. The van der Waals surface area contributed by atoms with E-state index in [1.54, 1.807) is 0 Å². The third-order valence-corrected chi connectivity index (χ3v) is 0.607. The fraction of sp³-hybridized carbons (Fsp3) is 0.364.